The molecule has 1 aliphatic heterocycles. The summed E-state index contributed by atoms with van der Waals surface area (Å²) >= 11 is 0. The summed E-state index contributed by atoms with van der Waals surface area (Å²) < 4.78 is 14.4. The maximum atomic E-state index is 14.4. The molecular weight excluding hydrogens is 327 g/mol. The first-order valence-corrected chi connectivity index (χ1v) is 8.77. The molecule has 4 nitrogen and oxygen atoms in total. The van der Waals surface area contributed by atoms with Crippen LogP contribution in [-0.2, 0) is 6.54 Å². The molecule has 4 rings (SSSR count). The van der Waals surface area contributed by atoms with Gasteiger partial charge < -0.3 is 10.6 Å². The second-order valence-electron chi connectivity index (χ2n) is 6.86. The largest absolute Gasteiger partial charge is 0.382 e. The van der Waals surface area contributed by atoms with Crippen LogP contribution in [-0.4, -0.2) is 28.7 Å². The van der Waals surface area contributed by atoms with Gasteiger partial charge in [0, 0.05) is 18.0 Å². The molecule has 0 bridgehead atoms. The third-order valence-corrected chi connectivity index (χ3v) is 5.02. The molecule has 0 saturated carbocycles. The molecule has 0 saturated heterocycles. The average Bonchev–Trinajstić information content (AvgIpc) is 2.80. The van der Waals surface area contributed by atoms with Crippen LogP contribution in [0.4, 0.5) is 10.2 Å². The fourth-order valence-corrected chi connectivity index (χ4v) is 3.69. The maximum Gasteiger partial charge on any atom is 0.146 e. The average molecular weight is 348 g/mol. The Morgan fingerprint density at radius 2 is 1.88 bits per heavy atom. The van der Waals surface area contributed by atoms with Crippen molar-refractivity contribution in [3.05, 3.63) is 77.1 Å². The van der Waals surface area contributed by atoms with Crippen molar-refractivity contribution in [2.45, 2.75) is 18.9 Å². The number of aromatic nitrogens is 2. The smallest absolute Gasteiger partial charge is 0.146 e. The predicted molar refractivity (Wildman–Crippen MR) is 101 cm³/mol. The number of nitrogen functional groups attached to an aromatic ring is 1. The zero-order valence-corrected chi connectivity index (χ0v) is 14.7. The van der Waals surface area contributed by atoms with Crippen molar-refractivity contribution in [2.24, 2.45) is 0 Å². The molecule has 1 unspecified atom stereocenters. The van der Waals surface area contributed by atoms with Crippen LogP contribution < -0.4 is 5.73 Å². The topological polar surface area (TPSA) is 55.0 Å². The SMILES string of the molecule is CN1CCC(c2ccccc2F)c2ccc(-c3ccc(N)nn3)cc2C1. The van der Waals surface area contributed by atoms with E-state index in [2.05, 4.69) is 34.3 Å². The Bertz CT molecular complexity index is 924. The summed E-state index contributed by atoms with van der Waals surface area (Å²) in [6.07, 6.45) is 0.894. The van der Waals surface area contributed by atoms with Gasteiger partial charge in [-0.25, -0.2) is 4.39 Å². The number of rotatable bonds is 2. The van der Waals surface area contributed by atoms with Gasteiger partial charge in [-0.15, -0.1) is 10.2 Å². The predicted octanol–water partition coefficient (Wildman–Crippen LogP) is 3.83. The van der Waals surface area contributed by atoms with Crippen molar-refractivity contribution in [2.75, 3.05) is 19.3 Å². The van der Waals surface area contributed by atoms with Crippen LogP contribution in [0.5, 0.6) is 0 Å². The van der Waals surface area contributed by atoms with Crippen molar-refractivity contribution < 1.29 is 4.39 Å². The minimum atomic E-state index is -0.138. The highest BCUT2D eigenvalue weighted by Crippen LogP contribution is 2.36. The van der Waals surface area contributed by atoms with Gasteiger partial charge >= 0.3 is 0 Å². The van der Waals surface area contributed by atoms with Crippen LogP contribution in [0, 0.1) is 5.82 Å². The van der Waals surface area contributed by atoms with Gasteiger partial charge in [0.25, 0.3) is 0 Å². The molecule has 5 heteroatoms. The Morgan fingerprint density at radius 3 is 2.65 bits per heavy atom. The third kappa shape index (κ3) is 3.18. The van der Waals surface area contributed by atoms with E-state index in [-0.39, 0.29) is 11.7 Å². The van der Waals surface area contributed by atoms with E-state index in [1.165, 1.54) is 11.1 Å². The van der Waals surface area contributed by atoms with Gasteiger partial charge in [-0.05, 0) is 61.0 Å². The van der Waals surface area contributed by atoms with Crippen molar-refractivity contribution >= 4 is 5.82 Å². The highest BCUT2D eigenvalue weighted by Gasteiger charge is 2.24. The molecule has 1 aliphatic rings. The van der Waals surface area contributed by atoms with Crippen LogP contribution >= 0.6 is 0 Å². The summed E-state index contributed by atoms with van der Waals surface area (Å²) in [5, 5.41) is 8.13. The standard InChI is InChI=1S/C21H21FN4/c1-26-11-10-17(18-4-2-3-5-19(18)22)16-7-6-14(12-15(16)13-26)20-8-9-21(23)25-24-20/h2-9,12,17H,10-11,13H2,1H3,(H2,23,25). The van der Waals surface area contributed by atoms with Gasteiger partial charge in [0.1, 0.15) is 11.6 Å². The number of nitrogens with two attached hydrogens (primary N) is 1. The Morgan fingerprint density at radius 1 is 1.04 bits per heavy atom. The van der Waals surface area contributed by atoms with Crippen LogP contribution in [0.1, 0.15) is 29.0 Å². The summed E-state index contributed by atoms with van der Waals surface area (Å²) in [5.41, 5.74) is 10.6. The fourth-order valence-electron chi connectivity index (χ4n) is 3.69. The Labute approximate surface area is 152 Å². The van der Waals surface area contributed by atoms with Crippen LogP contribution in [0.3, 0.4) is 0 Å². The number of halogens is 1. The first-order valence-electron chi connectivity index (χ1n) is 8.77. The van der Waals surface area contributed by atoms with Crippen molar-refractivity contribution in [1.29, 1.82) is 0 Å². The lowest BCUT2D eigenvalue weighted by Gasteiger charge is -2.19. The fraction of sp³-hybridized carbons (Fsp3) is 0.238. The molecule has 132 valence electrons. The zero-order chi connectivity index (χ0) is 18.1. The molecule has 0 spiro atoms. The van der Waals surface area contributed by atoms with Gasteiger partial charge in [0.05, 0.1) is 5.69 Å². The number of anilines is 1. The molecule has 0 radical (unpaired) electrons. The molecule has 26 heavy (non-hydrogen) atoms. The Balaban J connectivity index is 1.79. The normalized spacial score (nSPS) is 17.5. The van der Waals surface area contributed by atoms with E-state index in [0.29, 0.717) is 5.82 Å². The first-order chi connectivity index (χ1) is 12.6. The van der Waals surface area contributed by atoms with Crippen molar-refractivity contribution in [1.82, 2.24) is 15.1 Å². The number of benzene rings is 2. The minimum absolute atomic E-state index is 0.0581. The van der Waals surface area contributed by atoms with Crippen LogP contribution in [0.2, 0.25) is 0 Å². The van der Waals surface area contributed by atoms with Crippen LogP contribution in [0.25, 0.3) is 11.3 Å². The third-order valence-electron chi connectivity index (χ3n) is 5.02. The summed E-state index contributed by atoms with van der Waals surface area (Å²) in [6, 6.07) is 17.0. The molecule has 0 aliphatic carbocycles. The molecule has 3 aromatic rings. The minimum Gasteiger partial charge on any atom is -0.382 e. The number of nitrogens with zero attached hydrogens (tertiary/aromatic N) is 3. The summed E-state index contributed by atoms with van der Waals surface area (Å²) in [5.74, 6) is 0.326. The number of hydrogen-bond acceptors (Lipinski definition) is 4. The van der Waals surface area contributed by atoms with Gasteiger partial charge in [-0.3, -0.25) is 0 Å². The molecule has 1 aromatic heterocycles. The number of fused-ring (bicyclic) bond motifs is 1. The molecule has 2 aromatic carbocycles. The maximum absolute atomic E-state index is 14.4. The second-order valence-corrected chi connectivity index (χ2v) is 6.86. The van der Waals surface area contributed by atoms with E-state index >= 15 is 0 Å². The van der Waals surface area contributed by atoms with Gasteiger partial charge in [-0.2, -0.15) is 0 Å². The van der Waals surface area contributed by atoms with Crippen molar-refractivity contribution in [3.8, 4) is 11.3 Å². The van der Waals surface area contributed by atoms with E-state index in [1.54, 1.807) is 18.2 Å². The lowest BCUT2D eigenvalue weighted by Crippen LogP contribution is -2.17. The first kappa shape index (κ1) is 16.7. The summed E-state index contributed by atoms with van der Waals surface area (Å²) in [4.78, 5) is 2.28. The second kappa shape index (κ2) is 6.84. The van der Waals surface area contributed by atoms with Gasteiger partial charge in [0.2, 0.25) is 0 Å². The van der Waals surface area contributed by atoms with E-state index in [1.807, 2.05) is 24.3 Å². The Hall–Kier alpha value is -2.79. The quantitative estimate of drug-likeness (QED) is 0.765. The number of hydrogen-bond donors (Lipinski definition) is 1. The summed E-state index contributed by atoms with van der Waals surface area (Å²) in [6.45, 7) is 1.75. The Kier molecular flexibility index (Phi) is 4.39. The molecule has 0 fully saturated rings. The van der Waals surface area contributed by atoms with E-state index in [9.17, 15) is 4.39 Å². The monoisotopic (exact) mass is 348 g/mol. The van der Waals surface area contributed by atoms with Crippen LogP contribution in [0.15, 0.2) is 54.6 Å². The lowest BCUT2D eigenvalue weighted by molar-refractivity contribution is 0.328. The van der Waals surface area contributed by atoms with Gasteiger partial charge in [-0.1, -0.05) is 30.3 Å². The highest BCUT2D eigenvalue weighted by atomic mass is 19.1. The molecule has 0 amide bonds. The van der Waals surface area contributed by atoms with E-state index in [0.717, 1.165) is 36.3 Å². The molecule has 2 heterocycles. The van der Waals surface area contributed by atoms with E-state index in [4.69, 9.17) is 5.73 Å². The zero-order valence-electron chi connectivity index (χ0n) is 14.7. The van der Waals surface area contributed by atoms with E-state index < -0.39 is 0 Å². The molecule has 1 atom stereocenters. The van der Waals surface area contributed by atoms with Crippen molar-refractivity contribution in [3.63, 3.8) is 0 Å². The highest BCUT2D eigenvalue weighted by molar-refractivity contribution is 5.62. The van der Waals surface area contributed by atoms with Gasteiger partial charge in [0.15, 0.2) is 0 Å². The molecule has 2 N–H and O–H groups in total. The molecular formula is C21H21FN4. The summed E-state index contributed by atoms with van der Waals surface area (Å²) in [7, 11) is 2.10. The lowest BCUT2D eigenvalue weighted by atomic mass is 9.85.